The van der Waals surface area contributed by atoms with Crippen molar-refractivity contribution < 1.29 is 9.90 Å². The Morgan fingerprint density at radius 1 is 1.40 bits per heavy atom. The average Bonchev–Trinajstić information content (AvgIpc) is 2.18. The quantitative estimate of drug-likeness (QED) is 0.759. The molecule has 15 heavy (non-hydrogen) atoms. The predicted molar refractivity (Wildman–Crippen MR) is 64.5 cm³/mol. The highest BCUT2D eigenvalue weighted by Gasteiger charge is 2.11. The summed E-state index contributed by atoms with van der Waals surface area (Å²) in [5, 5.41) is 8.85. The van der Waals surface area contributed by atoms with Crippen LogP contribution in [0.5, 0.6) is 0 Å². The van der Waals surface area contributed by atoms with E-state index in [0.717, 1.165) is 12.3 Å². The molecular formula is C11H21NO2S. The van der Waals surface area contributed by atoms with Crippen LogP contribution in [0.15, 0.2) is 0 Å². The van der Waals surface area contributed by atoms with Gasteiger partial charge in [-0.05, 0) is 25.9 Å². The maximum atomic E-state index is 10.5. The summed E-state index contributed by atoms with van der Waals surface area (Å²) < 4.78 is 0. The molecular weight excluding hydrogens is 210 g/mol. The summed E-state index contributed by atoms with van der Waals surface area (Å²) in [5.74, 6) is 0.377. The Kier molecular flexibility index (Phi) is 6.10. The molecule has 0 saturated carbocycles. The van der Waals surface area contributed by atoms with E-state index in [1.165, 1.54) is 32.4 Å². The van der Waals surface area contributed by atoms with E-state index in [2.05, 4.69) is 4.90 Å². The standard InChI is InChI=1S/C11H21NO2S/c1-10(9-11(13)14)15-8-7-12-5-3-2-4-6-12/h10H,2-9H2,1H3,(H,13,14). The number of likely N-dealkylation sites (tertiary alicyclic amines) is 1. The van der Waals surface area contributed by atoms with Crippen LogP contribution in [0.3, 0.4) is 0 Å². The maximum Gasteiger partial charge on any atom is 0.304 e. The monoisotopic (exact) mass is 231 g/mol. The molecule has 88 valence electrons. The van der Waals surface area contributed by atoms with Crippen molar-refractivity contribution in [1.29, 1.82) is 0 Å². The zero-order valence-corrected chi connectivity index (χ0v) is 10.3. The molecule has 3 nitrogen and oxygen atoms in total. The van der Waals surface area contributed by atoms with Crippen LogP contribution in [0.4, 0.5) is 0 Å². The molecule has 0 amide bonds. The van der Waals surface area contributed by atoms with Crippen LogP contribution in [0, 0.1) is 0 Å². The van der Waals surface area contributed by atoms with Gasteiger partial charge in [0.05, 0.1) is 6.42 Å². The number of aliphatic carboxylic acids is 1. The molecule has 0 bridgehead atoms. The van der Waals surface area contributed by atoms with E-state index in [1.54, 1.807) is 11.8 Å². The molecule has 0 aliphatic carbocycles. The summed E-state index contributed by atoms with van der Waals surface area (Å²) in [6, 6.07) is 0. The molecule has 1 aliphatic rings. The van der Waals surface area contributed by atoms with Gasteiger partial charge < -0.3 is 10.0 Å². The van der Waals surface area contributed by atoms with Gasteiger partial charge in [0.15, 0.2) is 0 Å². The Balaban J connectivity index is 2.02. The maximum absolute atomic E-state index is 10.5. The molecule has 0 aromatic heterocycles. The van der Waals surface area contributed by atoms with Crippen LogP contribution in [-0.4, -0.2) is 46.6 Å². The van der Waals surface area contributed by atoms with Crippen molar-refractivity contribution in [3.8, 4) is 0 Å². The van der Waals surface area contributed by atoms with Gasteiger partial charge in [-0.25, -0.2) is 0 Å². The molecule has 0 radical (unpaired) electrons. The lowest BCUT2D eigenvalue weighted by molar-refractivity contribution is -0.136. The fourth-order valence-corrected chi connectivity index (χ4v) is 2.90. The molecule has 0 spiro atoms. The van der Waals surface area contributed by atoms with Gasteiger partial charge in [0.2, 0.25) is 0 Å². The Labute approximate surface area is 96.2 Å². The molecule has 1 rings (SSSR count). The molecule has 1 unspecified atom stereocenters. The number of carboxylic acid groups (broad SMARTS) is 1. The lowest BCUT2D eigenvalue weighted by Gasteiger charge is -2.26. The SMILES string of the molecule is CC(CC(=O)O)SCCN1CCCCC1. The number of piperidine rings is 1. The van der Waals surface area contributed by atoms with Crippen LogP contribution in [0.1, 0.15) is 32.6 Å². The minimum Gasteiger partial charge on any atom is -0.481 e. The van der Waals surface area contributed by atoms with Crippen LogP contribution < -0.4 is 0 Å². The second-order valence-corrected chi connectivity index (χ2v) is 5.73. The molecule has 1 heterocycles. The topological polar surface area (TPSA) is 40.5 Å². The van der Waals surface area contributed by atoms with Crippen LogP contribution in [-0.2, 0) is 4.79 Å². The number of carbonyl (C=O) groups is 1. The van der Waals surface area contributed by atoms with E-state index in [4.69, 9.17) is 5.11 Å². The molecule has 1 N–H and O–H groups in total. The first-order valence-electron chi connectivity index (χ1n) is 5.74. The average molecular weight is 231 g/mol. The van der Waals surface area contributed by atoms with E-state index < -0.39 is 5.97 Å². The van der Waals surface area contributed by atoms with Gasteiger partial charge in [-0.3, -0.25) is 4.79 Å². The Hall–Kier alpha value is -0.220. The number of thioether (sulfide) groups is 1. The van der Waals surface area contributed by atoms with Gasteiger partial charge in [0, 0.05) is 17.5 Å². The van der Waals surface area contributed by atoms with Crippen molar-refractivity contribution in [3.63, 3.8) is 0 Å². The molecule has 4 heteroatoms. The smallest absolute Gasteiger partial charge is 0.304 e. The molecule has 1 saturated heterocycles. The van der Waals surface area contributed by atoms with E-state index in [-0.39, 0.29) is 11.7 Å². The van der Waals surface area contributed by atoms with Crippen molar-refractivity contribution in [1.82, 2.24) is 4.90 Å². The second-order valence-electron chi connectivity index (χ2n) is 4.18. The van der Waals surface area contributed by atoms with Gasteiger partial charge in [0.1, 0.15) is 0 Å². The van der Waals surface area contributed by atoms with Gasteiger partial charge in [-0.2, -0.15) is 11.8 Å². The van der Waals surface area contributed by atoms with Crippen molar-refractivity contribution in [2.45, 2.75) is 37.9 Å². The summed E-state index contributed by atoms with van der Waals surface area (Å²) in [6.07, 6.45) is 4.31. The Morgan fingerprint density at radius 3 is 2.67 bits per heavy atom. The highest BCUT2D eigenvalue weighted by molar-refractivity contribution is 7.99. The highest BCUT2D eigenvalue weighted by Crippen LogP contribution is 2.15. The lowest BCUT2D eigenvalue weighted by atomic mass is 10.1. The summed E-state index contributed by atoms with van der Waals surface area (Å²) in [7, 11) is 0. The summed E-state index contributed by atoms with van der Waals surface area (Å²) in [6.45, 7) is 5.57. The first-order valence-corrected chi connectivity index (χ1v) is 6.79. The summed E-state index contributed by atoms with van der Waals surface area (Å²) >= 11 is 1.78. The van der Waals surface area contributed by atoms with Crippen molar-refractivity contribution in [2.75, 3.05) is 25.4 Å². The van der Waals surface area contributed by atoms with Gasteiger partial charge in [0.25, 0.3) is 0 Å². The largest absolute Gasteiger partial charge is 0.481 e. The number of nitrogens with zero attached hydrogens (tertiary/aromatic N) is 1. The van der Waals surface area contributed by atoms with Gasteiger partial charge >= 0.3 is 5.97 Å². The summed E-state index contributed by atoms with van der Waals surface area (Å²) in [4.78, 5) is 12.9. The summed E-state index contributed by atoms with van der Waals surface area (Å²) in [5.41, 5.74) is 0. The number of carboxylic acids is 1. The van der Waals surface area contributed by atoms with E-state index >= 15 is 0 Å². The molecule has 0 aromatic carbocycles. The number of rotatable bonds is 6. The zero-order valence-electron chi connectivity index (χ0n) is 9.45. The fourth-order valence-electron chi connectivity index (χ4n) is 1.87. The third-order valence-electron chi connectivity index (χ3n) is 2.72. The Bertz CT molecular complexity index is 193. The van der Waals surface area contributed by atoms with Gasteiger partial charge in [-0.1, -0.05) is 13.3 Å². The van der Waals surface area contributed by atoms with Crippen molar-refractivity contribution in [3.05, 3.63) is 0 Å². The Morgan fingerprint density at radius 2 is 2.07 bits per heavy atom. The third-order valence-corrected chi connectivity index (χ3v) is 3.87. The van der Waals surface area contributed by atoms with Crippen LogP contribution >= 0.6 is 11.8 Å². The van der Waals surface area contributed by atoms with E-state index in [9.17, 15) is 4.79 Å². The highest BCUT2D eigenvalue weighted by atomic mass is 32.2. The third kappa shape index (κ3) is 6.05. The van der Waals surface area contributed by atoms with Gasteiger partial charge in [-0.15, -0.1) is 0 Å². The van der Waals surface area contributed by atoms with E-state index in [0.29, 0.717) is 0 Å². The zero-order chi connectivity index (χ0) is 11.1. The molecule has 1 aliphatic heterocycles. The van der Waals surface area contributed by atoms with Crippen LogP contribution in [0.2, 0.25) is 0 Å². The fraction of sp³-hybridized carbons (Fsp3) is 0.909. The van der Waals surface area contributed by atoms with Crippen LogP contribution in [0.25, 0.3) is 0 Å². The number of hydrogen-bond donors (Lipinski definition) is 1. The van der Waals surface area contributed by atoms with E-state index in [1.807, 2.05) is 6.92 Å². The normalized spacial score (nSPS) is 20.1. The van der Waals surface area contributed by atoms with Crippen molar-refractivity contribution >= 4 is 17.7 Å². The van der Waals surface area contributed by atoms with Crippen molar-refractivity contribution in [2.24, 2.45) is 0 Å². The lowest BCUT2D eigenvalue weighted by Crippen LogP contribution is -2.31. The first-order chi connectivity index (χ1) is 7.18. The second kappa shape index (κ2) is 7.12. The molecule has 0 aromatic rings. The molecule has 1 fully saturated rings. The minimum absolute atomic E-state index is 0.243. The predicted octanol–water partition coefficient (Wildman–Crippen LogP) is 2.07. The number of hydrogen-bond acceptors (Lipinski definition) is 3. The first kappa shape index (κ1) is 12.8. The minimum atomic E-state index is -0.687. The molecule has 1 atom stereocenters.